The van der Waals surface area contributed by atoms with Gasteiger partial charge in [-0.3, -0.25) is 9.59 Å². The fourth-order valence-corrected chi connectivity index (χ4v) is 2.41. The molecule has 28 heavy (non-hydrogen) atoms. The van der Waals surface area contributed by atoms with Crippen LogP contribution in [0.2, 0.25) is 0 Å². The van der Waals surface area contributed by atoms with E-state index in [1.54, 1.807) is 24.3 Å². The lowest BCUT2D eigenvalue weighted by atomic mass is 10.0. The van der Waals surface area contributed by atoms with Crippen molar-refractivity contribution in [2.75, 3.05) is 17.7 Å². The SMILES string of the molecule is CNC(=O)Nc1ccc(NC(=O)C(NC(=O)c2ccc(F)cc2)C(C)C)cc1. The Labute approximate surface area is 162 Å². The molecule has 0 radical (unpaired) electrons. The number of rotatable bonds is 6. The Bertz CT molecular complexity index is 836. The summed E-state index contributed by atoms with van der Waals surface area (Å²) in [6.45, 7) is 3.62. The van der Waals surface area contributed by atoms with E-state index < -0.39 is 17.8 Å². The number of halogens is 1. The number of carbonyl (C=O) groups is 3. The summed E-state index contributed by atoms with van der Waals surface area (Å²) in [5.41, 5.74) is 1.36. The number of urea groups is 1. The van der Waals surface area contributed by atoms with Crippen molar-refractivity contribution in [3.05, 3.63) is 59.9 Å². The smallest absolute Gasteiger partial charge is 0.318 e. The molecule has 0 aliphatic heterocycles. The van der Waals surface area contributed by atoms with Gasteiger partial charge in [0.05, 0.1) is 0 Å². The zero-order valence-electron chi connectivity index (χ0n) is 15.9. The third-order valence-corrected chi connectivity index (χ3v) is 3.98. The zero-order valence-corrected chi connectivity index (χ0v) is 15.9. The van der Waals surface area contributed by atoms with Gasteiger partial charge in [-0.15, -0.1) is 0 Å². The van der Waals surface area contributed by atoms with E-state index in [9.17, 15) is 18.8 Å². The van der Waals surface area contributed by atoms with Gasteiger partial charge in [-0.1, -0.05) is 13.8 Å². The summed E-state index contributed by atoms with van der Waals surface area (Å²) in [5.74, 6) is -1.45. The van der Waals surface area contributed by atoms with Crippen LogP contribution < -0.4 is 21.3 Å². The molecule has 4 amide bonds. The van der Waals surface area contributed by atoms with Gasteiger partial charge in [0.15, 0.2) is 0 Å². The third-order valence-electron chi connectivity index (χ3n) is 3.98. The Kier molecular flexibility index (Phi) is 7.08. The predicted octanol–water partition coefficient (Wildman–Crippen LogP) is 2.97. The minimum absolute atomic E-state index is 0.168. The third kappa shape index (κ3) is 5.80. The van der Waals surface area contributed by atoms with Crippen molar-refractivity contribution >= 4 is 29.2 Å². The number of nitrogens with one attached hydrogen (secondary N) is 4. The largest absolute Gasteiger partial charge is 0.341 e. The summed E-state index contributed by atoms with van der Waals surface area (Å²) < 4.78 is 13.0. The molecule has 0 spiro atoms. The van der Waals surface area contributed by atoms with Crippen LogP contribution in [0.5, 0.6) is 0 Å². The summed E-state index contributed by atoms with van der Waals surface area (Å²) in [6.07, 6.45) is 0. The molecule has 7 nitrogen and oxygen atoms in total. The Morgan fingerprint density at radius 2 is 1.39 bits per heavy atom. The molecule has 0 aliphatic carbocycles. The minimum Gasteiger partial charge on any atom is -0.341 e. The first-order valence-corrected chi connectivity index (χ1v) is 8.76. The van der Waals surface area contributed by atoms with Crippen LogP contribution in [0.1, 0.15) is 24.2 Å². The Morgan fingerprint density at radius 3 is 1.89 bits per heavy atom. The Hall–Kier alpha value is -3.42. The fraction of sp³-hybridized carbons (Fsp3) is 0.250. The second-order valence-corrected chi connectivity index (χ2v) is 6.47. The molecule has 1 unspecified atom stereocenters. The van der Waals surface area contributed by atoms with Crippen LogP contribution in [-0.2, 0) is 4.79 Å². The molecule has 148 valence electrons. The molecule has 0 fully saturated rings. The van der Waals surface area contributed by atoms with Crippen LogP contribution in [0, 0.1) is 11.7 Å². The van der Waals surface area contributed by atoms with Crippen molar-refractivity contribution in [3.63, 3.8) is 0 Å². The molecule has 8 heteroatoms. The van der Waals surface area contributed by atoms with Gasteiger partial charge in [0.1, 0.15) is 11.9 Å². The molecule has 2 aromatic carbocycles. The number of hydrogen-bond acceptors (Lipinski definition) is 3. The van der Waals surface area contributed by atoms with E-state index in [1.807, 2.05) is 13.8 Å². The number of benzene rings is 2. The molecular formula is C20H23FN4O3. The van der Waals surface area contributed by atoms with Gasteiger partial charge >= 0.3 is 6.03 Å². The van der Waals surface area contributed by atoms with E-state index in [2.05, 4.69) is 21.3 Å². The van der Waals surface area contributed by atoms with Crippen LogP contribution in [0.3, 0.4) is 0 Å². The standard InChI is InChI=1S/C20H23FN4O3/c1-12(2)17(25-18(26)13-4-6-14(21)7-5-13)19(27)23-15-8-10-16(11-9-15)24-20(28)22-3/h4-12,17H,1-3H3,(H,23,27)(H,25,26)(H2,22,24,28). The Morgan fingerprint density at radius 1 is 0.857 bits per heavy atom. The normalized spacial score (nSPS) is 11.5. The van der Waals surface area contributed by atoms with Crippen LogP contribution in [0.25, 0.3) is 0 Å². The van der Waals surface area contributed by atoms with Crippen molar-refractivity contribution in [2.45, 2.75) is 19.9 Å². The number of amides is 4. The summed E-state index contributed by atoms with van der Waals surface area (Å²) in [7, 11) is 1.51. The lowest BCUT2D eigenvalue weighted by Gasteiger charge is -2.22. The van der Waals surface area contributed by atoms with Gasteiger partial charge in [-0.2, -0.15) is 0 Å². The van der Waals surface area contributed by atoms with E-state index in [-0.39, 0.29) is 23.4 Å². The summed E-state index contributed by atoms with van der Waals surface area (Å²) in [5, 5.41) is 10.5. The van der Waals surface area contributed by atoms with E-state index in [0.717, 1.165) is 0 Å². The highest BCUT2D eigenvalue weighted by Gasteiger charge is 2.24. The maximum Gasteiger partial charge on any atom is 0.318 e. The maximum atomic E-state index is 13.0. The molecule has 0 heterocycles. The lowest BCUT2D eigenvalue weighted by molar-refractivity contribution is -0.118. The number of hydrogen-bond donors (Lipinski definition) is 4. The zero-order chi connectivity index (χ0) is 20.7. The van der Waals surface area contributed by atoms with Crippen LogP contribution in [-0.4, -0.2) is 30.9 Å². The molecule has 1 atom stereocenters. The minimum atomic E-state index is -0.777. The first-order valence-electron chi connectivity index (χ1n) is 8.76. The number of anilines is 2. The molecule has 0 aliphatic rings. The highest BCUT2D eigenvalue weighted by Crippen LogP contribution is 2.15. The van der Waals surface area contributed by atoms with Gasteiger partial charge in [-0.05, 0) is 54.4 Å². The molecule has 0 bridgehead atoms. The van der Waals surface area contributed by atoms with Crippen LogP contribution in [0.15, 0.2) is 48.5 Å². The topological polar surface area (TPSA) is 99.3 Å². The first-order chi connectivity index (χ1) is 13.3. The average molecular weight is 386 g/mol. The lowest BCUT2D eigenvalue weighted by Crippen LogP contribution is -2.47. The van der Waals surface area contributed by atoms with Gasteiger partial charge in [-0.25, -0.2) is 9.18 Å². The van der Waals surface area contributed by atoms with Gasteiger partial charge < -0.3 is 21.3 Å². The van der Waals surface area contributed by atoms with Gasteiger partial charge in [0, 0.05) is 24.0 Å². The summed E-state index contributed by atoms with van der Waals surface area (Å²) in [4.78, 5) is 36.3. The van der Waals surface area contributed by atoms with Crippen LogP contribution >= 0.6 is 0 Å². The summed E-state index contributed by atoms with van der Waals surface area (Å²) >= 11 is 0. The molecule has 0 saturated carbocycles. The van der Waals surface area contributed by atoms with E-state index in [1.165, 1.54) is 31.3 Å². The van der Waals surface area contributed by atoms with Crippen molar-refractivity contribution in [1.29, 1.82) is 0 Å². The van der Waals surface area contributed by atoms with Gasteiger partial charge in [0.2, 0.25) is 5.91 Å². The number of carbonyl (C=O) groups excluding carboxylic acids is 3. The monoisotopic (exact) mass is 386 g/mol. The highest BCUT2D eigenvalue weighted by atomic mass is 19.1. The van der Waals surface area contributed by atoms with E-state index >= 15 is 0 Å². The highest BCUT2D eigenvalue weighted by molar-refractivity contribution is 6.01. The second kappa shape index (κ2) is 9.50. The molecule has 0 aromatic heterocycles. The maximum absolute atomic E-state index is 13.0. The van der Waals surface area contributed by atoms with Crippen molar-refractivity contribution < 1.29 is 18.8 Å². The average Bonchev–Trinajstić information content (AvgIpc) is 2.67. The molecular weight excluding hydrogens is 363 g/mol. The molecule has 0 saturated heterocycles. The molecule has 4 N–H and O–H groups in total. The second-order valence-electron chi connectivity index (χ2n) is 6.47. The first kappa shape index (κ1) is 20.9. The Balaban J connectivity index is 2.03. The van der Waals surface area contributed by atoms with Crippen molar-refractivity contribution in [1.82, 2.24) is 10.6 Å². The van der Waals surface area contributed by atoms with Crippen molar-refractivity contribution in [2.24, 2.45) is 5.92 Å². The molecule has 2 aromatic rings. The van der Waals surface area contributed by atoms with Crippen molar-refractivity contribution in [3.8, 4) is 0 Å². The van der Waals surface area contributed by atoms with E-state index in [4.69, 9.17) is 0 Å². The molecule has 2 rings (SSSR count). The van der Waals surface area contributed by atoms with E-state index in [0.29, 0.717) is 11.4 Å². The quantitative estimate of drug-likeness (QED) is 0.614. The summed E-state index contributed by atoms with van der Waals surface area (Å²) in [6, 6.07) is 10.5. The fourth-order valence-electron chi connectivity index (χ4n) is 2.41. The van der Waals surface area contributed by atoms with Crippen LogP contribution in [0.4, 0.5) is 20.6 Å². The predicted molar refractivity (Wildman–Crippen MR) is 106 cm³/mol. The van der Waals surface area contributed by atoms with Gasteiger partial charge in [0.25, 0.3) is 5.91 Å².